The van der Waals surface area contributed by atoms with Crippen molar-refractivity contribution in [2.45, 2.75) is 13.5 Å². The second-order valence-corrected chi connectivity index (χ2v) is 7.57. The summed E-state index contributed by atoms with van der Waals surface area (Å²) in [5.41, 5.74) is 4.11. The Morgan fingerprint density at radius 3 is 2.66 bits per heavy atom. The molecule has 0 radical (unpaired) electrons. The minimum absolute atomic E-state index is 0.218. The van der Waals surface area contributed by atoms with Crippen LogP contribution in [0.3, 0.4) is 0 Å². The zero-order valence-corrected chi connectivity index (χ0v) is 17.6. The third-order valence-electron chi connectivity index (χ3n) is 5.33. The SMILES string of the molecule is Cc1ccc(-c2cnc(-c3ccccc3C(=O)NCc3cccc4c3OCCO4)o2)cc1. The lowest BCUT2D eigenvalue weighted by molar-refractivity contribution is 0.0950. The van der Waals surface area contributed by atoms with Crippen LogP contribution in [0.2, 0.25) is 0 Å². The van der Waals surface area contributed by atoms with Crippen molar-refractivity contribution in [1.29, 1.82) is 0 Å². The van der Waals surface area contributed by atoms with Crippen LogP contribution >= 0.6 is 0 Å². The summed E-state index contributed by atoms with van der Waals surface area (Å²) < 4.78 is 17.4. The number of oxazole rings is 1. The van der Waals surface area contributed by atoms with E-state index in [2.05, 4.69) is 10.3 Å². The molecule has 1 aromatic heterocycles. The number of aryl methyl sites for hydroxylation is 1. The van der Waals surface area contributed by atoms with Crippen LogP contribution in [0.5, 0.6) is 11.5 Å². The van der Waals surface area contributed by atoms with Gasteiger partial charge < -0.3 is 19.2 Å². The smallest absolute Gasteiger partial charge is 0.252 e. The van der Waals surface area contributed by atoms with Gasteiger partial charge >= 0.3 is 0 Å². The number of fused-ring (bicyclic) bond motifs is 1. The number of hydrogen-bond donors (Lipinski definition) is 1. The van der Waals surface area contributed by atoms with Crippen molar-refractivity contribution >= 4 is 5.91 Å². The molecular formula is C26H22N2O4. The highest BCUT2D eigenvalue weighted by Gasteiger charge is 2.19. The summed E-state index contributed by atoms with van der Waals surface area (Å²) in [5, 5.41) is 2.98. The molecule has 0 unspecified atom stereocenters. The van der Waals surface area contributed by atoms with E-state index in [9.17, 15) is 4.79 Å². The van der Waals surface area contributed by atoms with Crippen LogP contribution in [-0.4, -0.2) is 24.1 Å². The van der Waals surface area contributed by atoms with Crippen molar-refractivity contribution in [1.82, 2.24) is 10.3 Å². The maximum absolute atomic E-state index is 13.0. The van der Waals surface area contributed by atoms with Gasteiger partial charge in [0, 0.05) is 23.2 Å². The predicted molar refractivity (Wildman–Crippen MR) is 121 cm³/mol. The van der Waals surface area contributed by atoms with Crippen LogP contribution in [-0.2, 0) is 6.54 Å². The zero-order chi connectivity index (χ0) is 21.9. The number of nitrogens with zero attached hydrogens (tertiary/aromatic N) is 1. The second kappa shape index (κ2) is 8.59. The molecule has 160 valence electrons. The Hall–Kier alpha value is -4.06. The highest BCUT2D eigenvalue weighted by molar-refractivity contribution is 6.00. The summed E-state index contributed by atoms with van der Waals surface area (Å²) in [4.78, 5) is 17.5. The van der Waals surface area contributed by atoms with Gasteiger partial charge in [-0.15, -0.1) is 0 Å². The minimum Gasteiger partial charge on any atom is -0.486 e. The van der Waals surface area contributed by atoms with E-state index in [1.165, 1.54) is 5.56 Å². The maximum Gasteiger partial charge on any atom is 0.252 e. The van der Waals surface area contributed by atoms with Crippen molar-refractivity contribution in [3.63, 3.8) is 0 Å². The number of carbonyl (C=O) groups excluding carboxylic acids is 1. The Morgan fingerprint density at radius 2 is 1.78 bits per heavy atom. The Labute approximate surface area is 185 Å². The Balaban J connectivity index is 1.37. The minimum atomic E-state index is -0.218. The average Bonchev–Trinajstić information content (AvgIpc) is 3.33. The van der Waals surface area contributed by atoms with Gasteiger partial charge in [0.25, 0.3) is 5.91 Å². The van der Waals surface area contributed by atoms with Crippen LogP contribution in [0, 0.1) is 6.92 Å². The van der Waals surface area contributed by atoms with Gasteiger partial charge in [-0.2, -0.15) is 0 Å². The molecule has 1 N–H and O–H groups in total. The van der Waals surface area contributed by atoms with E-state index in [0.717, 1.165) is 11.1 Å². The molecule has 6 heteroatoms. The molecule has 4 aromatic rings. The van der Waals surface area contributed by atoms with Gasteiger partial charge in [-0.05, 0) is 25.1 Å². The number of rotatable bonds is 5. The van der Waals surface area contributed by atoms with Gasteiger partial charge in [0.2, 0.25) is 5.89 Å². The predicted octanol–water partition coefficient (Wildman–Crippen LogP) is 5.02. The highest BCUT2D eigenvalue weighted by atomic mass is 16.6. The first-order valence-electron chi connectivity index (χ1n) is 10.5. The molecule has 6 nitrogen and oxygen atoms in total. The highest BCUT2D eigenvalue weighted by Crippen LogP contribution is 2.34. The van der Waals surface area contributed by atoms with E-state index in [4.69, 9.17) is 13.9 Å². The molecule has 32 heavy (non-hydrogen) atoms. The van der Waals surface area contributed by atoms with Crippen LogP contribution in [0.1, 0.15) is 21.5 Å². The molecular weight excluding hydrogens is 404 g/mol. The van der Waals surface area contributed by atoms with E-state index < -0.39 is 0 Å². The lowest BCUT2D eigenvalue weighted by Crippen LogP contribution is -2.25. The molecule has 2 heterocycles. The van der Waals surface area contributed by atoms with Crippen LogP contribution in [0.15, 0.2) is 77.3 Å². The Kier molecular flexibility index (Phi) is 5.34. The van der Waals surface area contributed by atoms with Crippen molar-refractivity contribution in [2.24, 2.45) is 0 Å². The Morgan fingerprint density at radius 1 is 0.969 bits per heavy atom. The van der Waals surface area contributed by atoms with E-state index in [1.807, 2.05) is 67.6 Å². The van der Waals surface area contributed by atoms with Gasteiger partial charge in [-0.1, -0.05) is 54.1 Å². The van der Waals surface area contributed by atoms with Crippen LogP contribution in [0.25, 0.3) is 22.8 Å². The van der Waals surface area contributed by atoms with Gasteiger partial charge in [0.05, 0.1) is 11.8 Å². The molecule has 0 fully saturated rings. The molecule has 0 aliphatic carbocycles. The number of para-hydroxylation sites is 1. The lowest BCUT2D eigenvalue weighted by atomic mass is 10.1. The molecule has 0 spiro atoms. The normalized spacial score (nSPS) is 12.4. The van der Waals surface area contributed by atoms with Gasteiger partial charge in [0.1, 0.15) is 13.2 Å². The zero-order valence-electron chi connectivity index (χ0n) is 17.6. The van der Waals surface area contributed by atoms with Gasteiger partial charge in [-0.3, -0.25) is 4.79 Å². The molecule has 1 aliphatic rings. The summed E-state index contributed by atoms with van der Waals surface area (Å²) in [7, 11) is 0. The van der Waals surface area contributed by atoms with Crippen LogP contribution < -0.4 is 14.8 Å². The van der Waals surface area contributed by atoms with E-state index in [-0.39, 0.29) is 5.91 Å². The van der Waals surface area contributed by atoms with E-state index in [0.29, 0.717) is 54.0 Å². The molecule has 0 saturated carbocycles. The van der Waals surface area contributed by atoms with Crippen molar-refractivity contribution < 1.29 is 18.7 Å². The standard InChI is InChI=1S/C26H22N2O4/c1-17-9-11-18(12-10-17)23-16-28-26(32-23)21-7-3-2-6-20(21)25(29)27-15-19-5-4-8-22-24(19)31-14-13-30-22/h2-12,16H,13-15H2,1H3,(H,27,29). The quantitative estimate of drug-likeness (QED) is 0.485. The third-order valence-corrected chi connectivity index (χ3v) is 5.33. The number of benzene rings is 3. The molecule has 1 amide bonds. The number of aromatic nitrogens is 1. The first kappa shape index (κ1) is 19.9. The number of nitrogens with one attached hydrogen (secondary N) is 1. The average molecular weight is 426 g/mol. The van der Waals surface area contributed by atoms with E-state index >= 15 is 0 Å². The fourth-order valence-electron chi connectivity index (χ4n) is 3.66. The summed E-state index contributed by atoms with van der Waals surface area (Å²) in [6.07, 6.45) is 1.68. The fourth-order valence-corrected chi connectivity index (χ4v) is 3.66. The van der Waals surface area contributed by atoms with Crippen LogP contribution in [0.4, 0.5) is 0 Å². The molecule has 1 aliphatic heterocycles. The van der Waals surface area contributed by atoms with Crippen molar-refractivity contribution in [3.05, 3.63) is 89.6 Å². The first-order chi connectivity index (χ1) is 15.7. The first-order valence-corrected chi connectivity index (χ1v) is 10.5. The lowest BCUT2D eigenvalue weighted by Gasteiger charge is -2.21. The maximum atomic E-state index is 13.0. The van der Waals surface area contributed by atoms with Crippen molar-refractivity contribution in [3.8, 4) is 34.3 Å². The molecule has 5 rings (SSSR count). The summed E-state index contributed by atoms with van der Waals surface area (Å²) in [5.74, 6) is 2.23. The number of hydrogen-bond acceptors (Lipinski definition) is 5. The summed E-state index contributed by atoms with van der Waals surface area (Å²) >= 11 is 0. The Bertz CT molecular complexity index is 1260. The molecule has 3 aromatic carbocycles. The topological polar surface area (TPSA) is 73.6 Å². The summed E-state index contributed by atoms with van der Waals surface area (Å²) in [6, 6.07) is 21.0. The fraction of sp³-hybridized carbons (Fsp3) is 0.154. The second-order valence-electron chi connectivity index (χ2n) is 7.57. The van der Waals surface area contributed by atoms with Crippen molar-refractivity contribution in [2.75, 3.05) is 13.2 Å². The third kappa shape index (κ3) is 3.95. The molecule has 0 saturated heterocycles. The molecule has 0 atom stereocenters. The van der Waals surface area contributed by atoms with Gasteiger partial charge in [0.15, 0.2) is 17.3 Å². The van der Waals surface area contributed by atoms with E-state index in [1.54, 1.807) is 12.3 Å². The number of amides is 1. The largest absolute Gasteiger partial charge is 0.486 e. The monoisotopic (exact) mass is 426 g/mol. The molecule has 0 bridgehead atoms. The number of carbonyl (C=O) groups is 1. The van der Waals surface area contributed by atoms with Gasteiger partial charge in [-0.25, -0.2) is 4.98 Å². The number of ether oxygens (including phenoxy) is 2. The summed E-state index contributed by atoms with van der Waals surface area (Å²) in [6.45, 7) is 3.37.